The van der Waals surface area contributed by atoms with Gasteiger partial charge in [0.25, 0.3) is 0 Å². The molecule has 10 nitrogen and oxygen atoms in total. The molecule has 1 unspecified atom stereocenters. The second-order valence-corrected chi connectivity index (χ2v) is 13.2. The van der Waals surface area contributed by atoms with Crippen molar-refractivity contribution in [1.29, 1.82) is 0 Å². The lowest BCUT2D eigenvalue weighted by Crippen LogP contribution is -2.40. The first-order chi connectivity index (χ1) is 21.1. The zero-order valence-corrected chi connectivity index (χ0v) is 25.7. The number of thiophene rings is 1. The van der Waals surface area contributed by atoms with Crippen LogP contribution in [0.15, 0.2) is 54.9 Å². The van der Waals surface area contributed by atoms with E-state index in [1.54, 1.807) is 18.3 Å². The Balaban J connectivity index is 1.08. The summed E-state index contributed by atoms with van der Waals surface area (Å²) < 4.78 is 27.0. The van der Waals surface area contributed by atoms with Crippen LogP contribution in [-0.4, -0.2) is 57.8 Å². The first-order valence-corrected chi connectivity index (χ1v) is 15.5. The van der Waals surface area contributed by atoms with Gasteiger partial charge in [-0.15, -0.1) is 11.3 Å². The summed E-state index contributed by atoms with van der Waals surface area (Å²) in [7, 11) is 0. The molecule has 6 rings (SSSR count). The Morgan fingerprint density at radius 2 is 1.86 bits per heavy atom. The van der Waals surface area contributed by atoms with Crippen molar-refractivity contribution in [2.75, 3.05) is 18.4 Å². The molecule has 0 radical (unpaired) electrons. The molecule has 0 spiro atoms. The fourth-order valence-corrected chi connectivity index (χ4v) is 6.01. The number of nitrogens with one attached hydrogen (secondary N) is 3. The van der Waals surface area contributed by atoms with Crippen LogP contribution in [0.25, 0.3) is 20.8 Å². The van der Waals surface area contributed by atoms with E-state index in [0.29, 0.717) is 11.4 Å². The average Bonchev–Trinajstić information content (AvgIpc) is 3.47. The molecule has 3 aromatic heterocycles. The highest BCUT2D eigenvalue weighted by atomic mass is 32.1. The normalized spacial score (nSPS) is 17.0. The van der Waals surface area contributed by atoms with Gasteiger partial charge in [0, 0.05) is 61.9 Å². The molecule has 0 bridgehead atoms. The molecule has 1 aliphatic carbocycles. The average molecular weight is 619 g/mol. The minimum atomic E-state index is -0.585. The highest BCUT2D eigenvalue weighted by Crippen LogP contribution is 2.39. The number of amides is 3. The van der Waals surface area contributed by atoms with Gasteiger partial charge in [-0.1, -0.05) is 6.07 Å². The van der Waals surface area contributed by atoms with Crippen molar-refractivity contribution in [1.82, 2.24) is 25.5 Å². The number of rotatable bonds is 8. The van der Waals surface area contributed by atoms with Crippen molar-refractivity contribution in [2.45, 2.75) is 64.3 Å². The fraction of sp³-hybridized carbons (Fsp3) is 0.375. The van der Waals surface area contributed by atoms with Crippen LogP contribution in [0.4, 0.5) is 19.7 Å². The smallest absolute Gasteiger partial charge is 0.407 e. The van der Waals surface area contributed by atoms with E-state index in [2.05, 4.69) is 31.9 Å². The molecule has 12 heteroatoms. The monoisotopic (exact) mass is 618 g/mol. The Morgan fingerprint density at radius 3 is 2.59 bits per heavy atom. The third kappa shape index (κ3) is 7.61. The summed E-state index contributed by atoms with van der Waals surface area (Å²) in [5, 5.41) is 8.43. The Bertz CT molecular complexity index is 1670. The summed E-state index contributed by atoms with van der Waals surface area (Å²) in [6.45, 7) is 7.92. The Kier molecular flexibility index (Phi) is 8.37. The fourth-order valence-electron chi connectivity index (χ4n) is 4.97. The van der Waals surface area contributed by atoms with Crippen LogP contribution in [-0.2, 0) is 11.3 Å². The molecule has 2 fully saturated rings. The van der Waals surface area contributed by atoms with Crippen LogP contribution in [0.1, 0.15) is 45.6 Å². The van der Waals surface area contributed by atoms with Crippen molar-refractivity contribution in [3.8, 4) is 22.1 Å². The zero-order valence-electron chi connectivity index (χ0n) is 24.9. The number of nitrogens with zero attached hydrogens (tertiary/aromatic N) is 3. The van der Waals surface area contributed by atoms with E-state index in [-0.39, 0.29) is 30.0 Å². The number of ether oxygens (including phenoxy) is 2. The lowest BCUT2D eigenvalue weighted by atomic mass is 10.2. The van der Waals surface area contributed by atoms with Crippen LogP contribution in [0, 0.1) is 5.82 Å². The topological polar surface area (TPSA) is 118 Å². The molecule has 3 amide bonds. The molecule has 44 heavy (non-hydrogen) atoms. The third-order valence-electron chi connectivity index (χ3n) is 7.17. The summed E-state index contributed by atoms with van der Waals surface area (Å²) in [5.74, 6) is -0.0516. The van der Waals surface area contributed by atoms with Gasteiger partial charge in [-0.05, 0) is 69.9 Å². The van der Waals surface area contributed by atoms with Gasteiger partial charge in [-0.3, -0.25) is 14.9 Å². The van der Waals surface area contributed by atoms with Gasteiger partial charge < -0.3 is 25.4 Å². The molecule has 4 heterocycles. The van der Waals surface area contributed by atoms with Gasteiger partial charge in [-0.25, -0.2) is 14.0 Å². The van der Waals surface area contributed by atoms with Crippen molar-refractivity contribution in [3.63, 3.8) is 0 Å². The number of likely N-dealkylation sites (tertiary alicyclic amines) is 1. The van der Waals surface area contributed by atoms with Gasteiger partial charge in [0.05, 0.1) is 20.8 Å². The summed E-state index contributed by atoms with van der Waals surface area (Å²) >= 11 is 1.47. The van der Waals surface area contributed by atoms with E-state index in [0.717, 1.165) is 65.2 Å². The molecule has 4 aromatic rings. The Labute approximate surface area is 259 Å². The van der Waals surface area contributed by atoms with Crippen LogP contribution in [0.3, 0.4) is 0 Å². The molecular formula is C32H35FN6O4S. The maximum Gasteiger partial charge on any atom is 0.407 e. The van der Waals surface area contributed by atoms with Crippen molar-refractivity contribution >= 4 is 39.4 Å². The second-order valence-electron chi connectivity index (χ2n) is 12.2. The molecule has 1 saturated carbocycles. The predicted molar refractivity (Wildman–Crippen MR) is 168 cm³/mol. The van der Waals surface area contributed by atoms with Gasteiger partial charge in [0.1, 0.15) is 11.4 Å². The van der Waals surface area contributed by atoms with Crippen LogP contribution < -0.4 is 20.7 Å². The number of urea groups is 1. The van der Waals surface area contributed by atoms with Gasteiger partial charge >= 0.3 is 12.1 Å². The quantitative estimate of drug-likeness (QED) is 0.202. The lowest BCUT2D eigenvalue weighted by molar-refractivity contribution is 0.0505. The highest BCUT2D eigenvalue weighted by Gasteiger charge is 2.26. The number of halogens is 1. The number of carbonyl (C=O) groups excluding carboxylic acids is 2. The largest absolute Gasteiger partial charge is 0.453 e. The molecule has 1 atom stereocenters. The molecule has 1 saturated heterocycles. The minimum Gasteiger partial charge on any atom is -0.453 e. The minimum absolute atomic E-state index is 0.0496. The van der Waals surface area contributed by atoms with Crippen molar-refractivity contribution in [2.24, 2.45) is 0 Å². The molecule has 2 aliphatic rings. The number of pyridine rings is 2. The second kappa shape index (κ2) is 12.4. The molecule has 230 valence electrons. The van der Waals surface area contributed by atoms with E-state index in [9.17, 15) is 14.0 Å². The van der Waals surface area contributed by atoms with E-state index in [1.807, 2.05) is 39.1 Å². The SMILES string of the molecule is CC(C)(C)OC(=O)NC1CCN(Cc2ccc(-c3cc4nccc(Oc5ccc(NC(=O)NC6CC6)cc5F)c4s3)nc2)C1. The number of alkyl carbamates (subject to hydrolysis) is 1. The Morgan fingerprint density at radius 1 is 1.02 bits per heavy atom. The number of fused-ring (bicyclic) bond motifs is 1. The zero-order chi connectivity index (χ0) is 30.8. The van der Waals surface area contributed by atoms with E-state index >= 15 is 0 Å². The first-order valence-electron chi connectivity index (χ1n) is 14.7. The summed E-state index contributed by atoms with van der Waals surface area (Å²) in [5.41, 5.74) is 2.44. The first kappa shape index (κ1) is 29.8. The molecule has 1 aliphatic heterocycles. The predicted octanol–water partition coefficient (Wildman–Crippen LogP) is 6.67. The van der Waals surface area contributed by atoms with Crippen molar-refractivity contribution < 1.29 is 23.5 Å². The van der Waals surface area contributed by atoms with Gasteiger partial charge in [0.15, 0.2) is 11.6 Å². The van der Waals surface area contributed by atoms with Gasteiger partial charge in [-0.2, -0.15) is 0 Å². The van der Waals surface area contributed by atoms with E-state index < -0.39 is 11.4 Å². The summed E-state index contributed by atoms with van der Waals surface area (Å²) in [4.78, 5) is 36.5. The highest BCUT2D eigenvalue weighted by molar-refractivity contribution is 7.22. The number of hydrogen-bond donors (Lipinski definition) is 3. The van der Waals surface area contributed by atoms with Crippen LogP contribution >= 0.6 is 11.3 Å². The molecule has 1 aromatic carbocycles. The van der Waals surface area contributed by atoms with Gasteiger partial charge in [0.2, 0.25) is 0 Å². The van der Waals surface area contributed by atoms with E-state index in [4.69, 9.17) is 14.5 Å². The number of hydrogen-bond acceptors (Lipinski definition) is 8. The molecule has 3 N–H and O–H groups in total. The standard InChI is InChI=1S/C32H35FN6O4S/c1-32(2,3)43-31(41)38-22-11-13-39(18-22)17-19-4-8-24(35-16-19)28-15-25-29(44-28)27(10-12-34-25)42-26-9-7-21(14-23(26)33)37-30(40)36-20-5-6-20/h4,7-10,12,14-16,20,22H,5-6,11,13,17-18H2,1-3H3,(H,38,41)(H2,36,37,40). The van der Waals surface area contributed by atoms with Crippen LogP contribution in [0.5, 0.6) is 11.5 Å². The van der Waals surface area contributed by atoms with Crippen LogP contribution in [0.2, 0.25) is 0 Å². The number of anilines is 1. The number of benzene rings is 1. The Hall–Kier alpha value is -4.29. The lowest BCUT2D eigenvalue weighted by Gasteiger charge is -2.22. The number of aromatic nitrogens is 2. The molecular weight excluding hydrogens is 583 g/mol. The third-order valence-corrected chi connectivity index (χ3v) is 8.34. The van der Waals surface area contributed by atoms with E-state index in [1.165, 1.54) is 23.5 Å². The van der Waals surface area contributed by atoms with Crippen molar-refractivity contribution in [3.05, 3.63) is 66.2 Å². The maximum absolute atomic E-state index is 14.9. The summed E-state index contributed by atoms with van der Waals surface area (Å²) in [6.07, 6.45) is 5.92. The summed E-state index contributed by atoms with van der Waals surface area (Å²) in [6, 6.07) is 12.0. The number of carbonyl (C=O) groups is 2. The maximum atomic E-state index is 14.9.